The molecule has 0 aromatic rings. The van der Waals surface area contributed by atoms with E-state index >= 15 is 0 Å². The van der Waals surface area contributed by atoms with Crippen LogP contribution < -0.4 is 0 Å². The summed E-state index contributed by atoms with van der Waals surface area (Å²) in [6.07, 6.45) is 2.17. The Hall–Kier alpha value is -0.601. The topological polar surface area (TPSA) is 43.4 Å². The summed E-state index contributed by atoms with van der Waals surface area (Å²) in [7, 11) is 0. The van der Waals surface area contributed by atoms with Crippen LogP contribution in [0.2, 0.25) is 0 Å². The van der Waals surface area contributed by atoms with Crippen molar-refractivity contribution in [3.8, 4) is 0 Å². The summed E-state index contributed by atoms with van der Waals surface area (Å²) in [6.45, 7) is 0. The molecule has 0 N–H and O–H groups in total. The molecule has 0 unspecified atom stereocenters. The van der Waals surface area contributed by atoms with Crippen molar-refractivity contribution < 1.29 is 31.4 Å². The van der Waals surface area contributed by atoms with Gasteiger partial charge in [-0.3, -0.25) is 0 Å². The number of cyclic esters (lactones) is 2. The number of carbonyl (C=O) groups is 2. The molecule has 0 amide bonds. The zero-order valence-corrected chi connectivity index (χ0v) is 4.84. The van der Waals surface area contributed by atoms with Crippen LogP contribution >= 0.6 is 0 Å². The second-order valence-electron chi connectivity index (χ2n) is 1.07. The quantitative estimate of drug-likeness (QED) is 0.271. The fourth-order valence-electron chi connectivity index (χ4n) is 0.303. The number of ether oxygens (including phenoxy) is 1. The van der Waals surface area contributed by atoms with Crippen LogP contribution in [0.5, 0.6) is 0 Å². The van der Waals surface area contributed by atoms with E-state index in [0.717, 1.165) is 12.2 Å². The predicted molar refractivity (Wildman–Crippen MR) is 20.2 cm³/mol. The standard InChI is InChI=1S/C4H2O3.Fe/c5-3-1-2-4(6)7-3;/h1-2H;. The fraction of sp³-hybridized carbons (Fsp3) is 0. The molecule has 44 valence electrons. The van der Waals surface area contributed by atoms with Crippen LogP contribution in [-0.4, -0.2) is 11.9 Å². The zero-order valence-electron chi connectivity index (χ0n) is 3.73. The molecule has 1 rings (SSSR count). The van der Waals surface area contributed by atoms with Crippen molar-refractivity contribution in [1.29, 1.82) is 0 Å². The van der Waals surface area contributed by atoms with Crippen LogP contribution in [0.15, 0.2) is 12.2 Å². The van der Waals surface area contributed by atoms with Gasteiger partial charge < -0.3 is 4.74 Å². The number of esters is 2. The molecule has 1 aliphatic rings. The van der Waals surface area contributed by atoms with Crippen LogP contribution in [0.25, 0.3) is 0 Å². The van der Waals surface area contributed by atoms with Gasteiger partial charge in [-0.05, 0) is 0 Å². The third-order valence-corrected chi connectivity index (χ3v) is 0.557. The Morgan fingerprint density at radius 1 is 1.12 bits per heavy atom. The summed E-state index contributed by atoms with van der Waals surface area (Å²) >= 11 is 0. The predicted octanol–water partition coefficient (Wildman–Crippen LogP) is -0.377. The maximum Gasteiger partial charge on any atom is 0.338 e. The Morgan fingerprint density at radius 3 is 1.62 bits per heavy atom. The largest absolute Gasteiger partial charge is 0.387 e. The Bertz CT molecular complexity index is 133. The third kappa shape index (κ3) is 1.48. The van der Waals surface area contributed by atoms with E-state index in [1.54, 1.807) is 0 Å². The van der Waals surface area contributed by atoms with Crippen molar-refractivity contribution in [2.45, 2.75) is 0 Å². The summed E-state index contributed by atoms with van der Waals surface area (Å²) in [6, 6.07) is 0. The molecule has 0 aromatic heterocycles. The van der Waals surface area contributed by atoms with Gasteiger partial charge in [-0.2, -0.15) is 0 Å². The monoisotopic (exact) mass is 154 g/mol. The molecule has 1 heterocycles. The van der Waals surface area contributed by atoms with E-state index in [-0.39, 0.29) is 17.1 Å². The van der Waals surface area contributed by atoms with Crippen molar-refractivity contribution in [3.05, 3.63) is 12.2 Å². The normalized spacial score (nSPS) is 15.5. The van der Waals surface area contributed by atoms with Crippen LogP contribution in [0, 0.1) is 0 Å². The molecule has 0 saturated carbocycles. The van der Waals surface area contributed by atoms with Gasteiger partial charge in [-0.15, -0.1) is 0 Å². The maximum atomic E-state index is 9.92. The first-order valence-corrected chi connectivity index (χ1v) is 1.73. The zero-order chi connectivity index (χ0) is 5.28. The second kappa shape index (κ2) is 2.64. The van der Waals surface area contributed by atoms with Crippen LogP contribution in [-0.2, 0) is 31.4 Å². The molecule has 8 heavy (non-hydrogen) atoms. The molecule has 0 fully saturated rings. The van der Waals surface area contributed by atoms with Crippen molar-refractivity contribution in [2.24, 2.45) is 0 Å². The summed E-state index contributed by atoms with van der Waals surface area (Å²) < 4.78 is 3.97. The minimum Gasteiger partial charge on any atom is -0.387 e. The van der Waals surface area contributed by atoms with E-state index in [0.29, 0.717) is 0 Å². The molecule has 1 aliphatic heterocycles. The molecule has 0 saturated heterocycles. The minimum atomic E-state index is -0.579. The number of carbonyl (C=O) groups excluding carboxylic acids is 2. The molecule has 4 heteroatoms. The summed E-state index contributed by atoms with van der Waals surface area (Å²) in [4.78, 5) is 19.8. The van der Waals surface area contributed by atoms with Gasteiger partial charge in [-0.1, -0.05) is 0 Å². The molecule has 3 nitrogen and oxygen atoms in total. The molecule has 0 aromatic carbocycles. The summed E-state index contributed by atoms with van der Waals surface area (Å²) in [5.74, 6) is -1.16. The van der Waals surface area contributed by atoms with Gasteiger partial charge in [0.25, 0.3) is 0 Å². The Kier molecular flexibility index (Phi) is 2.45. The number of rotatable bonds is 0. The summed E-state index contributed by atoms with van der Waals surface area (Å²) in [5.41, 5.74) is 0. The van der Waals surface area contributed by atoms with Crippen LogP contribution in [0.1, 0.15) is 0 Å². The van der Waals surface area contributed by atoms with E-state index in [1.807, 2.05) is 0 Å². The summed E-state index contributed by atoms with van der Waals surface area (Å²) in [5, 5.41) is 0. The van der Waals surface area contributed by atoms with Crippen LogP contribution in [0.4, 0.5) is 0 Å². The van der Waals surface area contributed by atoms with Gasteiger partial charge in [-0.25, -0.2) is 9.59 Å². The molecular formula is C4H2FeO3. The van der Waals surface area contributed by atoms with Gasteiger partial charge in [0.05, 0.1) is 0 Å². The maximum absolute atomic E-state index is 9.92. The minimum absolute atomic E-state index is 0. The van der Waals surface area contributed by atoms with Crippen molar-refractivity contribution in [1.82, 2.24) is 0 Å². The average molecular weight is 154 g/mol. The smallest absolute Gasteiger partial charge is 0.338 e. The molecule has 0 atom stereocenters. The average Bonchev–Trinajstić information content (AvgIpc) is 1.87. The van der Waals surface area contributed by atoms with Gasteiger partial charge in [0, 0.05) is 29.2 Å². The molecule has 0 aliphatic carbocycles. The molecule has 0 spiro atoms. The molecular weight excluding hydrogens is 152 g/mol. The van der Waals surface area contributed by atoms with Crippen LogP contribution in [0.3, 0.4) is 0 Å². The Labute approximate surface area is 56.2 Å². The molecule has 0 radical (unpaired) electrons. The fourth-order valence-corrected chi connectivity index (χ4v) is 0.303. The van der Waals surface area contributed by atoms with Gasteiger partial charge in [0.1, 0.15) is 0 Å². The van der Waals surface area contributed by atoms with E-state index in [9.17, 15) is 9.59 Å². The van der Waals surface area contributed by atoms with Crippen molar-refractivity contribution in [2.75, 3.05) is 0 Å². The van der Waals surface area contributed by atoms with Crippen molar-refractivity contribution in [3.63, 3.8) is 0 Å². The van der Waals surface area contributed by atoms with E-state index in [2.05, 4.69) is 4.74 Å². The van der Waals surface area contributed by atoms with E-state index in [1.165, 1.54) is 0 Å². The Balaban J connectivity index is 0.000000490. The second-order valence-corrected chi connectivity index (χ2v) is 1.07. The molecule has 0 bridgehead atoms. The first-order chi connectivity index (χ1) is 3.29. The van der Waals surface area contributed by atoms with Gasteiger partial charge in [0.2, 0.25) is 0 Å². The third-order valence-electron chi connectivity index (χ3n) is 0.557. The van der Waals surface area contributed by atoms with E-state index in [4.69, 9.17) is 0 Å². The SMILES string of the molecule is O=C1C=CC(=O)O1.[Fe]. The van der Waals surface area contributed by atoms with E-state index < -0.39 is 11.9 Å². The first-order valence-electron chi connectivity index (χ1n) is 1.73. The number of hydrogen-bond donors (Lipinski definition) is 0. The first kappa shape index (κ1) is 7.40. The van der Waals surface area contributed by atoms with Gasteiger partial charge in [0.15, 0.2) is 0 Å². The van der Waals surface area contributed by atoms with Crippen molar-refractivity contribution >= 4 is 11.9 Å². The van der Waals surface area contributed by atoms with Gasteiger partial charge >= 0.3 is 11.9 Å². The number of hydrogen-bond acceptors (Lipinski definition) is 3. The Morgan fingerprint density at radius 2 is 1.50 bits per heavy atom.